The van der Waals surface area contributed by atoms with Gasteiger partial charge in [-0.1, -0.05) is 176 Å². The highest BCUT2D eigenvalue weighted by atomic mass is 28.3. The monoisotopic (exact) mass is 700 g/mol. The van der Waals surface area contributed by atoms with Gasteiger partial charge in [0.1, 0.15) is 0 Å². The Balaban J connectivity index is 1.27. The summed E-state index contributed by atoms with van der Waals surface area (Å²) in [6, 6.07) is 49.7. The minimum absolute atomic E-state index is 0.0602. The minimum Gasteiger partial charge on any atom is -0.0650 e. The molecule has 10 rings (SSSR count). The van der Waals surface area contributed by atoms with Crippen LogP contribution in [0.3, 0.4) is 0 Å². The van der Waals surface area contributed by atoms with Crippen LogP contribution in [-0.4, -0.2) is 8.07 Å². The predicted molar refractivity (Wildman–Crippen MR) is 233 cm³/mol. The van der Waals surface area contributed by atoms with E-state index in [-0.39, 0.29) is 15.9 Å². The van der Waals surface area contributed by atoms with Crippen LogP contribution in [0, 0.1) is 0 Å². The van der Waals surface area contributed by atoms with E-state index in [9.17, 15) is 0 Å². The maximum absolute atomic E-state index is 2.54. The molecule has 2 aliphatic rings. The Morgan fingerprint density at radius 2 is 0.849 bits per heavy atom. The highest BCUT2D eigenvalue weighted by molar-refractivity contribution is 6.92. The number of hydrogen-bond donors (Lipinski definition) is 0. The van der Waals surface area contributed by atoms with Gasteiger partial charge in [-0.25, -0.2) is 0 Å². The highest BCUT2D eigenvalue weighted by Gasteiger charge is 2.39. The van der Waals surface area contributed by atoms with Crippen LogP contribution in [0.4, 0.5) is 0 Å². The van der Waals surface area contributed by atoms with Crippen molar-refractivity contribution in [3.05, 3.63) is 150 Å². The second kappa shape index (κ2) is 10.6. The fourth-order valence-electron chi connectivity index (χ4n) is 9.93. The molecule has 2 aliphatic carbocycles. The molecule has 0 bridgehead atoms. The van der Waals surface area contributed by atoms with Crippen molar-refractivity contribution in [3.63, 3.8) is 0 Å². The van der Waals surface area contributed by atoms with Crippen LogP contribution in [0.1, 0.15) is 70.7 Å². The fourth-order valence-corrected chi connectivity index (χ4v) is 11.8. The molecule has 8 aromatic rings. The minimum atomic E-state index is -1.76. The first-order chi connectivity index (χ1) is 25.2. The molecule has 0 fully saturated rings. The molecule has 0 radical (unpaired) electrons. The molecule has 0 unspecified atom stereocenters. The zero-order valence-corrected chi connectivity index (χ0v) is 33.6. The fraction of sp³-hybridized carbons (Fsp3) is 0.231. The standard InChI is InChI=1S/C52H48Si/c1-50(2,3)53(8,9)35-26-33-20-24-40-42(31-18-22-38-36-14-10-12-16-44(36)51(4,5)46(38)28-31)30-43(41-25-21-34(27-35)48(33)49(40)41)32-19-23-39-37-15-11-13-17-45(37)52(6,7)47(39)29-32/h10-30H,1-9H3. The molecule has 0 saturated heterocycles. The molecule has 0 atom stereocenters. The molecule has 0 heterocycles. The Morgan fingerprint density at radius 3 is 1.30 bits per heavy atom. The molecule has 0 nitrogen and oxygen atoms in total. The van der Waals surface area contributed by atoms with Crippen LogP contribution in [0.5, 0.6) is 0 Å². The zero-order chi connectivity index (χ0) is 36.8. The summed E-state index contributed by atoms with van der Waals surface area (Å²) >= 11 is 0. The number of benzene rings is 8. The van der Waals surface area contributed by atoms with Crippen molar-refractivity contribution in [2.45, 2.75) is 77.4 Å². The Bertz CT molecular complexity index is 2660. The van der Waals surface area contributed by atoms with E-state index in [0.717, 1.165) is 0 Å². The van der Waals surface area contributed by atoms with Gasteiger partial charge in [-0.15, -0.1) is 0 Å². The lowest BCUT2D eigenvalue weighted by Gasteiger charge is -2.37. The molecular formula is C52H48Si. The SMILES string of the molecule is CC1(C)c2ccccc2-c2ccc(-c3cc(-c4ccc5c(c4)C(C)(C)c4ccccc4-5)c4ccc5cc([Si](C)(C)C(C)(C)C)cc6ccc3c4c65)cc21. The smallest absolute Gasteiger partial charge is 0.0650 e. The number of hydrogen-bond acceptors (Lipinski definition) is 0. The topological polar surface area (TPSA) is 0 Å². The summed E-state index contributed by atoms with van der Waals surface area (Å²) in [6.07, 6.45) is 0. The molecule has 260 valence electrons. The normalized spacial score (nSPS) is 15.6. The van der Waals surface area contributed by atoms with Crippen LogP contribution >= 0.6 is 0 Å². The summed E-state index contributed by atoms with van der Waals surface area (Å²) in [4.78, 5) is 0. The predicted octanol–water partition coefficient (Wildman–Crippen LogP) is 14.2. The van der Waals surface area contributed by atoms with Gasteiger partial charge in [-0.2, -0.15) is 0 Å². The van der Waals surface area contributed by atoms with Crippen LogP contribution in [0.15, 0.2) is 127 Å². The second-order valence-electron chi connectivity index (χ2n) is 18.6. The van der Waals surface area contributed by atoms with Gasteiger partial charge in [-0.3, -0.25) is 0 Å². The molecule has 0 spiro atoms. The van der Waals surface area contributed by atoms with Crippen molar-refractivity contribution >= 4 is 45.6 Å². The van der Waals surface area contributed by atoms with E-state index in [1.54, 1.807) is 0 Å². The van der Waals surface area contributed by atoms with Gasteiger partial charge in [0.25, 0.3) is 0 Å². The summed E-state index contributed by atoms with van der Waals surface area (Å²) in [6.45, 7) is 21.9. The van der Waals surface area contributed by atoms with Gasteiger partial charge in [0.05, 0.1) is 8.07 Å². The van der Waals surface area contributed by atoms with Crippen LogP contribution < -0.4 is 5.19 Å². The third-order valence-electron chi connectivity index (χ3n) is 14.1. The maximum atomic E-state index is 2.54. The van der Waals surface area contributed by atoms with Crippen LogP contribution in [0.2, 0.25) is 18.1 Å². The van der Waals surface area contributed by atoms with E-state index in [2.05, 4.69) is 189 Å². The number of rotatable bonds is 3. The average Bonchev–Trinajstić information content (AvgIpc) is 3.52. The molecule has 0 saturated carbocycles. The van der Waals surface area contributed by atoms with Crippen molar-refractivity contribution in [1.29, 1.82) is 0 Å². The maximum Gasteiger partial charge on any atom is 0.0859 e. The molecule has 1 heteroatoms. The zero-order valence-electron chi connectivity index (χ0n) is 32.6. The van der Waals surface area contributed by atoms with Crippen LogP contribution in [0.25, 0.3) is 76.8 Å². The first-order valence-electron chi connectivity index (χ1n) is 19.4. The summed E-state index contributed by atoms with van der Waals surface area (Å²) in [5, 5.41) is 9.98. The quantitative estimate of drug-likeness (QED) is 0.127. The number of fused-ring (bicyclic) bond motifs is 6. The molecule has 0 aliphatic heterocycles. The van der Waals surface area contributed by atoms with Crippen molar-refractivity contribution < 1.29 is 0 Å². The Labute approximate surface area is 315 Å². The molecule has 0 aromatic heterocycles. The summed E-state index contributed by atoms with van der Waals surface area (Å²) in [7, 11) is -1.76. The second-order valence-corrected chi connectivity index (χ2v) is 23.9. The Hall–Kier alpha value is -4.98. The highest BCUT2D eigenvalue weighted by Crippen LogP contribution is 2.53. The molecule has 0 N–H and O–H groups in total. The average molecular weight is 701 g/mol. The molecule has 8 aromatic carbocycles. The van der Waals surface area contributed by atoms with E-state index < -0.39 is 8.07 Å². The first kappa shape index (κ1) is 32.7. The molecular weight excluding hydrogens is 653 g/mol. The summed E-state index contributed by atoms with van der Waals surface area (Å²) in [5.41, 5.74) is 16.2. The van der Waals surface area contributed by atoms with Gasteiger partial charge in [0.15, 0.2) is 0 Å². The third-order valence-corrected chi connectivity index (χ3v) is 19.6. The van der Waals surface area contributed by atoms with Crippen molar-refractivity contribution in [3.8, 4) is 44.5 Å². The van der Waals surface area contributed by atoms with E-state index in [0.29, 0.717) is 0 Å². The lowest BCUT2D eigenvalue weighted by Crippen LogP contribution is -2.49. The lowest BCUT2D eigenvalue weighted by atomic mass is 9.80. The summed E-state index contributed by atoms with van der Waals surface area (Å²) < 4.78 is 0. The first-order valence-corrected chi connectivity index (χ1v) is 22.4. The van der Waals surface area contributed by atoms with Gasteiger partial charge in [-0.05, 0) is 122 Å². The lowest BCUT2D eigenvalue weighted by molar-refractivity contribution is 0.660. The third kappa shape index (κ3) is 4.35. The molecule has 53 heavy (non-hydrogen) atoms. The van der Waals surface area contributed by atoms with E-state index in [4.69, 9.17) is 0 Å². The van der Waals surface area contributed by atoms with Gasteiger partial charge < -0.3 is 0 Å². The van der Waals surface area contributed by atoms with Gasteiger partial charge >= 0.3 is 0 Å². The Morgan fingerprint density at radius 1 is 0.415 bits per heavy atom. The largest absolute Gasteiger partial charge is 0.0859 e. The van der Waals surface area contributed by atoms with Crippen molar-refractivity contribution in [1.82, 2.24) is 0 Å². The summed E-state index contributed by atoms with van der Waals surface area (Å²) in [5.74, 6) is 0. The van der Waals surface area contributed by atoms with Gasteiger partial charge in [0.2, 0.25) is 0 Å². The van der Waals surface area contributed by atoms with Crippen LogP contribution in [-0.2, 0) is 10.8 Å². The molecule has 0 amide bonds. The van der Waals surface area contributed by atoms with E-state index in [1.165, 1.54) is 104 Å². The Kier molecular flexibility index (Phi) is 6.52. The van der Waals surface area contributed by atoms with Gasteiger partial charge in [0, 0.05) is 10.8 Å². The van der Waals surface area contributed by atoms with Crippen molar-refractivity contribution in [2.75, 3.05) is 0 Å². The van der Waals surface area contributed by atoms with E-state index >= 15 is 0 Å². The van der Waals surface area contributed by atoms with E-state index in [1.807, 2.05) is 0 Å². The van der Waals surface area contributed by atoms with Crippen molar-refractivity contribution in [2.24, 2.45) is 0 Å².